The molecule has 0 aliphatic carbocycles. The van der Waals surface area contributed by atoms with Crippen molar-refractivity contribution in [2.45, 2.75) is 25.3 Å². The zero-order chi connectivity index (χ0) is 16.4. The van der Waals surface area contributed by atoms with Crippen molar-refractivity contribution in [1.29, 1.82) is 0 Å². The number of aromatic nitrogens is 2. The number of nitrogens with zero attached hydrogens (tertiary/aromatic N) is 3. The highest BCUT2D eigenvalue weighted by atomic mass is 79.9. The smallest absolute Gasteiger partial charge is 0.326 e. The summed E-state index contributed by atoms with van der Waals surface area (Å²) in [7, 11) is 0. The van der Waals surface area contributed by atoms with E-state index in [1.54, 1.807) is 16.9 Å². The number of aliphatic carboxylic acids is 1. The number of carbonyl (C=O) groups excluding carboxylic acids is 1. The molecule has 0 bridgehead atoms. The lowest BCUT2D eigenvalue weighted by Gasteiger charge is -2.32. The molecule has 7 heteroatoms. The summed E-state index contributed by atoms with van der Waals surface area (Å²) in [5, 5.41) is 13.6. The number of likely N-dealkylation sites (tertiary alicyclic amines) is 1. The standard InChI is InChI=1S/C16H16BrN3O3/c17-11-4-3-5-12(10-11)20-9-7-13(18-20)15(21)19-8-2-1-6-14(19)16(22)23/h3-5,7,9-10,14H,1-2,6,8H2,(H,22,23)/t14-/m1/s1. The lowest BCUT2D eigenvalue weighted by molar-refractivity contribution is -0.143. The van der Waals surface area contributed by atoms with E-state index in [0.717, 1.165) is 23.0 Å². The minimum atomic E-state index is -0.954. The molecule has 1 saturated heterocycles. The second-order valence-electron chi connectivity index (χ2n) is 5.47. The number of halogens is 1. The van der Waals surface area contributed by atoms with E-state index < -0.39 is 12.0 Å². The van der Waals surface area contributed by atoms with Gasteiger partial charge in [0.2, 0.25) is 0 Å². The highest BCUT2D eigenvalue weighted by Crippen LogP contribution is 2.20. The van der Waals surface area contributed by atoms with Crippen LogP contribution in [-0.2, 0) is 4.79 Å². The van der Waals surface area contributed by atoms with E-state index in [0.29, 0.717) is 13.0 Å². The predicted molar refractivity (Wildman–Crippen MR) is 87.6 cm³/mol. The number of carboxylic acids is 1. The first-order valence-corrected chi connectivity index (χ1v) is 8.21. The number of piperidine rings is 1. The number of carbonyl (C=O) groups is 2. The summed E-state index contributed by atoms with van der Waals surface area (Å²) in [5.41, 5.74) is 1.09. The van der Waals surface area contributed by atoms with Gasteiger partial charge in [0.15, 0.2) is 5.69 Å². The van der Waals surface area contributed by atoms with Gasteiger partial charge in [-0.2, -0.15) is 5.10 Å². The van der Waals surface area contributed by atoms with Crippen LogP contribution in [0.25, 0.3) is 5.69 Å². The minimum absolute atomic E-state index is 0.262. The van der Waals surface area contributed by atoms with Crippen molar-refractivity contribution in [2.24, 2.45) is 0 Å². The van der Waals surface area contributed by atoms with Crippen LogP contribution >= 0.6 is 15.9 Å². The van der Waals surface area contributed by atoms with Gasteiger partial charge in [-0.25, -0.2) is 9.48 Å². The molecule has 0 saturated carbocycles. The van der Waals surface area contributed by atoms with Crippen molar-refractivity contribution in [3.63, 3.8) is 0 Å². The molecule has 0 spiro atoms. The molecule has 120 valence electrons. The Balaban J connectivity index is 1.84. The Morgan fingerprint density at radius 1 is 1.26 bits per heavy atom. The van der Waals surface area contributed by atoms with Gasteiger partial charge in [-0.15, -0.1) is 0 Å². The highest BCUT2D eigenvalue weighted by molar-refractivity contribution is 9.10. The summed E-state index contributed by atoms with van der Waals surface area (Å²) in [5.74, 6) is -1.28. The summed E-state index contributed by atoms with van der Waals surface area (Å²) in [6.45, 7) is 0.458. The van der Waals surface area contributed by atoms with Crippen molar-refractivity contribution >= 4 is 27.8 Å². The predicted octanol–water partition coefficient (Wildman–Crippen LogP) is 2.71. The Bertz CT molecular complexity index is 744. The fourth-order valence-electron chi connectivity index (χ4n) is 2.78. The molecule has 1 aliphatic rings. The van der Waals surface area contributed by atoms with Crippen LogP contribution in [0.4, 0.5) is 0 Å². The van der Waals surface area contributed by atoms with Crippen molar-refractivity contribution in [3.05, 3.63) is 46.7 Å². The largest absolute Gasteiger partial charge is 0.480 e. The summed E-state index contributed by atoms with van der Waals surface area (Å²) in [4.78, 5) is 25.4. The molecule has 1 aliphatic heterocycles. The maximum absolute atomic E-state index is 12.6. The molecule has 1 N–H and O–H groups in total. The second kappa shape index (κ2) is 6.54. The van der Waals surface area contributed by atoms with Gasteiger partial charge < -0.3 is 10.0 Å². The third kappa shape index (κ3) is 3.29. The molecule has 1 atom stereocenters. The van der Waals surface area contributed by atoms with Gasteiger partial charge in [0.05, 0.1) is 5.69 Å². The molecular weight excluding hydrogens is 362 g/mol. The molecule has 0 radical (unpaired) electrons. The quantitative estimate of drug-likeness (QED) is 0.891. The highest BCUT2D eigenvalue weighted by Gasteiger charge is 2.33. The van der Waals surface area contributed by atoms with Crippen molar-refractivity contribution in [3.8, 4) is 5.69 Å². The van der Waals surface area contributed by atoms with Crippen molar-refractivity contribution in [1.82, 2.24) is 14.7 Å². The fourth-order valence-corrected chi connectivity index (χ4v) is 3.17. The maximum Gasteiger partial charge on any atom is 0.326 e. The molecule has 1 aromatic heterocycles. The average molecular weight is 378 g/mol. The van der Waals surface area contributed by atoms with E-state index in [-0.39, 0.29) is 11.6 Å². The van der Waals surface area contributed by atoms with Gasteiger partial charge >= 0.3 is 5.97 Å². The number of hydrogen-bond donors (Lipinski definition) is 1. The van der Waals surface area contributed by atoms with Gasteiger partial charge in [-0.1, -0.05) is 22.0 Å². The third-order valence-electron chi connectivity index (χ3n) is 3.93. The third-order valence-corrected chi connectivity index (χ3v) is 4.42. The lowest BCUT2D eigenvalue weighted by atomic mass is 10.0. The first kappa shape index (κ1) is 15.7. The molecule has 1 aromatic carbocycles. The maximum atomic E-state index is 12.6. The Morgan fingerprint density at radius 2 is 2.09 bits per heavy atom. The molecule has 23 heavy (non-hydrogen) atoms. The van der Waals surface area contributed by atoms with Crippen LogP contribution in [0.15, 0.2) is 41.0 Å². The molecule has 1 amide bonds. The van der Waals surface area contributed by atoms with Crippen LogP contribution < -0.4 is 0 Å². The van der Waals surface area contributed by atoms with Crippen LogP contribution in [0.3, 0.4) is 0 Å². The van der Waals surface area contributed by atoms with Crippen LogP contribution in [0.2, 0.25) is 0 Å². The summed E-state index contributed by atoms with van der Waals surface area (Å²) < 4.78 is 2.53. The van der Waals surface area contributed by atoms with Crippen LogP contribution in [0, 0.1) is 0 Å². The fraction of sp³-hybridized carbons (Fsp3) is 0.312. The molecule has 0 unspecified atom stereocenters. The van der Waals surface area contributed by atoms with E-state index in [1.165, 1.54) is 4.90 Å². The van der Waals surface area contributed by atoms with Crippen molar-refractivity contribution in [2.75, 3.05) is 6.54 Å². The van der Waals surface area contributed by atoms with E-state index in [4.69, 9.17) is 0 Å². The second-order valence-corrected chi connectivity index (χ2v) is 6.39. The number of rotatable bonds is 3. The SMILES string of the molecule is O=C(O)[C@H]1CCCCN1C(=O)c1ccn(-c2cccc(Br)c2)n1. The first-order valence-electron chi connectivity index (χ1n) is 7.41. The minimum Gasteiger partial charge on any atom is -0.480 e. The average Bonchev–Trinajstić information content (AvgIpc) is 3.04. The van der Waals surface area contributed by atoms with Gasteiger partial charge in [0.1, 0.15) is 6.04 Å². The van der Waals surface area contributed by atoms with Gasteiger partial charge in [0.25, 0.3) is 5.91 Å². The normalized spacial score (nSPS) is 18.0. The molecule has 3 rings (SSSR count). The molecule has 6 nitrogen and oxygen atoms in total. The Hall–Kier alpha value is -2.15. The van der Waals surface area contributed by atoms with E-state index in [2.05, 4.69) is 21.0 Å². The molecule has 2 heterocycles. The van der Waals surface area contributed by atoms with E-state index in [9.17, 15) is 14.7 Å². The Kier molecular flexibility index (Phi) is 4.47. The summed E-state index contributed by atoms with van der Waals surface area (Å²) >= 11 is 3.40. The van der Waals surface area contributed by atoms with Crippen LogP contribution in [0.1, 0.15) is 29.8 Å². The molecule has 1 fully saturated rings. The lowest BCUT2D eigenvalue weighted by Crippen LogP contribution is -2.48. The van der Waals surface area contributed by atoms with Crippen molar-refractivity contribution < 1.29 is 14.7 Å². The number of amides is 1. The Labute approximate surface area is 141 Å². The van der Waals surface area contributed by atoms with Gasteiger partial charge in [-0.3, -0.25) is 4.79 Å². The van der Waals surface area contributed by atoms with E-state index in [1.807, 2.05) is 24.3 Å². The number of benzene rings is 1. The van der Waals surface area contributed by atoms with Gasteiger partial charge in [-0.05, 0) is 43.5 Å². The monoisotopic (exact) mass is 377 g/mol. The summed E-state index contributed by atoms with van der Waals surface area (Å²) in [6.07, 6.45) is 3.84. The molecule has 2 aromatic rings. The Morgan fingerprint density at radius 3 is 2.83 bits per heavy atom. The van der Waals surface area contributed by atoms with E-state index >= 15 is 0 Å². The first-order chi connectivity index (χ1) is 11.1. The van der Waals surface area contributed by atoms with Crippen LogP contribution in [-0.4, -0.2) is 44.3 Å². The van der Waals surface area contributed by atoms with Crippen LogP contribution in [0.5, 0.6) is 0 Å². The number of hydrogen-bond acceptors (Lipinski definition) is 3. The summed E-state index contributed by atoms with van der Waals surface area (Å²) in [6, 6.07) is 8.43. The number of carboxylic acid groups (broad SMARTS) is 1. The zero-order valence-corrected chi connectivity index (χ0v) is 13.9. The van der Waals surface area contributed by atoms with Gasteiger partial charge in [0, 0.05) is 17.2 Å². The zero-order valence-electron chi connectivity index (χ0n) is 12.4. The topological polar surface area (TPSA) is 75.4 Å². The molecular formula is C16H16BrN3O3.